The molecule has 1 aliphatic carbocycles. The third-order valence-electron chi connectivity index (χ3n) is 5.97. The molecule has 0 saturated heterocycles. The van der Waals surface area contributed by atoms with E-state index < -0.39 is 0 Å². The van der Waals surface area contributed by atoms with Crippen LogP contribution in [0.25, 0.3) is 6.08 Å². The molecule has 0 nitrogen and oxygen atoms in total. The molecule has 0 amide bonds. The summed E-state index contributed by atoms with van der Waals surface area (Å²) in [6.07, 6.45) is 2.38. The number of halogens is 3. The van der Waals surface area contributed by atoms with Crippen LogP contribution < -0.4 is 37.2 Å². The van der Waals surface area contributed by atoms with Crippen LogP contribution >= 0.6 is 0 Å². The van der Waals surface area contributed by atoms with Crippen LogP contribution in [0, 0.1) is 27.7 Å². The van der Waals surface area contributed by atoms with E-state index in [1.165, 1.54) is 50.1 Å². The van der Waals surface area contributed by atoms with E-state index in [0.717, 1.165) is 0 Å². The molecule has 0 aromatic heterocycles. The monoisotopic (exact) mass is 504 g/mol. The van der Waals surface area contributed by atoms with E-state index in [1.807, 2.05) is 0 Å². The molecule has 1 unspecified atom stereocenters. The number of allylic oxidation sites excluding steroid dienone is 1. The largest absolute Gasteiger partial charge is 1.00 e. The van der Waals surface area contributed by atoms with Crippen molar-refractivity contribution in [2.75, 3.05) is 0 Å². The fourth-order valence-corrected chi connectivity index (χ4v) is 5.96. The van der Waals surface area contributed by atoms with Crippen LogP contribution in [-0.2, 0) is 24.2 Å². The quantitative estimate of drug-likeness (QED) is 0.359. The summed E-state index contributed by atoms with van der Waals surface area (Å²) in [5.74, 6) is 0.282. The fraction of sp³-hybridized carbons (Fsp3) is 0.259. The summed E-state index contributed by atoms with van der Waals surface area (Å²) in [5, 5.41) is 0. The third kappa shape index (κ3) is 5.16. The van der Waals surface area contributed by atoms with Gasteiger partial charge < -0.3 is 37.2 Å². The number of rotatable bonds is 3. The van der Waals surface area contributed by atoms with Crippen LogP contribution in [0.2, 0.25) is 0 Å². The average molecular weight is 506 g/mol. The molecule has 1 aliphatic rings. The molecule has 4 rings (SSSR count). The molecule has 3 aromatic carbocycles. The number of fused-ring (bicyclic) bond motifs is 1. The summed E-state index contributed by atoms with van der Waals surface area (Å²) < 4.78 is -0.0585. The fourth-order valence-electron chi connectivity index (χ4n) is 4.97. The van der Waals surface area contributed by atoms with Gasteiger partial charge in [0, 0.05) is 0 Å². The Morgan fingerprint density at radius 3 is 1.52 bits per heavy atom. The first-order valence-electron chi connectivity index (χ1n) is 9.98. The van der Waals surface area contributed by atoms with Crippen molar-refractivity contribution in [2.24, 2.45) is 0 Å². The van der Waals surface area contributed by atoms with Crippen molar-refractivity contribution in [1.29, 1.82) is 0 Å². The number of hydrogen-bond donors (Lipinski definition) is 0. The molecular formula is C27H27Cl3Ti. The second-order valence-corrected chi connectivity index (χ2v) is 9.73. The smallest absolute Gasteiger partial charge is 1.00 e. The topological polar surface area (TPSA) is 0 Å². The van der Waals surface area contributed by atoms with Gasteiger partial charge in [0.25, 0.3) is 0 Å². The molecule has 0 spiro atoms. The average Bonchev–Trinajstić information content (AvgIpc) is 2.85. The van der Waals surface area contributed by atoms with Gasteiger partial charge in [0.05, 0.1) is 0 Å². The molecule has 0 aliphatic heterocycles. The van der Waals surface area contributed by atoms with Gasteiger partial charge in [-0.2, -0.15) is 0 Å². The number of hydrogen-bond acceptors (Lipinski definition) is 0. The molecule has 31 heavy (non-hydrogen) atoms. The summed E-state index contributed by atoms with van der Waals surface area (Å²) in [6.45, 7) is 11.1. The zero-order valence-corrected chi connectivity index (χ0v) is 22.4. The maximum Gasteiger partial charge on any atom is -1.00 e. The van der Waals surface area contributed by atoms with Gasteiger partial charge in [0.1, 0.15) is 0 Å². The van der Waals surface area contributed by atoms with E-state index >= 15 is 0 Å². The van der Waals surface area contributed by atoms with Gasteiger partial charge in [-0.25, -0.2) is 0 Å². The predicted molar refractivity (Wildman–Crippen MR) is 115 cm³/mol. The van der Waals surface area contributed by atoms with Crippen LogP contribution in [0.15, 0.2) is 66.2 Å². The zero-order chi connectivity index (χ0) is 20.1. The van der Waals surface area contributed by atoms with E-state index in [-0.39, 0.29) is 46.9 Å². The Kier molecular flexibility index (Phi) is 9.70. The van der Waals surface area contributed by atoms with Crippen LogP contribution in [0.1, 0.15) is 57.3 Å². The van der Waals surface area contributed by atoms with Crippen molar-refractivity contribution in [3.05, 3.63) is 111 Å². The van der Waals surface area contributed by atoms with Crippen LogP contribution in [0.4, 0.5) is 0 Å². The van der Waals surface area contributed by atoms with Gasteiger partial charge in [-0.1, -0.05) is 0 Å². The molecular weight excluding hydrogens is 479 g/mol. The molecule has 0 saturated carbocycles. The van der Waals surface area contributed by atoms with Crippen molar-refractivity contribution < 1.29 is 57.7 Å². The van der Waals surface area contributed by atoms with E-state index in [0.29, 0.717) is 0 Å². The summed E-state index contributed by atoms with van der Waals surface area (Å²) in [6, 6.07) is 23.0. The van der Waals surface area contributed by atoms with Gasteiger partial charge in [-0.3, -0.25) is 0 Å². The van der Waals surface area contributed by atoms with Gasteiger partial charge >= 0.3 is 182 Å². The molecule has 0 fully saturated rings. The minimum absolute atomic E-state index is 0. The second kappa shape index (κ2) is 10.7. The molecule has 0 heterocycles. The molecule has 0 radical (unpaired) electrons. The minimum Gasteiger partial charge on any atom is -1.00 e. The first-order valence-corrected chi connectivity index (χ1v) is 10.8. The van der Waals surface area contributed by atoms with E-state index in [9.17, 15) is 0 Å². The number of benzene rings is 3. The summed E-state index contributed by atoms with van der Waals surface area (Å²) in [5.41, 5.74) is 12.4. The Bertz CT molecular complexity index is 1010. The normalized spacial score (nSPS) is 16.6. The van der Waals surface area contributed by atoms with E-state index in [2.05, 4.69) is 122 Å². The molecule has 4 heteroatoms. The minimum atomic E-state index is -0.0585. The molecule has 1 atom stereocenters. The van der Waals surface area contributed by atoms with Crippen molar-refractivity contribution in [2.45, 2.75) is 44.3 Å². The van der Waals surface area contributed by atoms with Crippen molar-refractivity contribution >= 4 is 6.08 Å². The maximum atomic E-state index is 2.44. The molecule has 0 N–H and O–H groups in total. The standard InChI is InChI=1S/C27H27.3ClH.Ti/c1-17-10-18(2)13-23(12-17)27(24-14-19(3)11-20(4)15-24)26-21(5)16-22-8-6-7-9-25(22)26;;;;/h6-16,27H,1-5H3;3*1H;/q;;;;+3/p-3. The first kappa shape index (κ1) is 28.0. The predicted octanol–water partition coefficient (Wildman–Crippen LogP) is -2.08. The van der Waals surface area contributed by atoms with Crippen LogP contribution in [0.3, 0.4) is 0 Å². The molecule has 160 valence electrons. The van der Waals surface area contributed by atoms with Gasteiger partial charge in [-0.15, -0.1) is 0 Å². The Morgan fingerprint density at radius 2 is 1.06 bits per heavy atom. The molecule has 0 bridgehead atoms. The van der Waals surface area contributed by atoms with Crippen LogP contribution in [0.5, 0.6) is 0 Å². The van der Waals surface area contributed by atoms with Crippen molar-refractivity contribution in [1.82, 2.24) is 0 Å². The van der Waals surface area contributed by atoms with Gasteiger partial charge in [0.15, 0.2) is 0 Å². The zero-order valence-electron chi connectivity index (χ0n) is 18.6. The third-order valence-corrected chi connectivity index (χ3v) is 7.45. The van der Waals surface area contributed by atoms with Gasteiger partial charge in [-0.05, 0) is 0 Å². The second-order valence-electron chi connectivity index (χ2n) is 8.50. The Hall–Kier alpha value is -1.02. The first-order chi connectivity index (χ1) is 13.3. The molecule has 3 aromatic rings. The number of aryl methyl sites for hydroxylation is 4. The SMILES string of the molecule is CC1=Cc2ccccc2[C]1([Ti+3])C(c1cc(C)cc(C)c1)c1cc(C)cc(C)c1.[Cl-].[Cl-].[Cl-]. The van der Waals surface area contributed by atoms with Crippen LogP contribution in [-0.4, -0.2) is 0 Å². The summed E-state index contributed by atoms with van der Waals surface area (Å²) in [4.78, 5) is 0. The summed E-state index contributed by atoms with van der Waals surface area (Å²) >= 11 is 2.44. The Labute approximate surface area is 217 Å². The van der Waals surface area contributed by atoms with Crippen molar-refractivity contribution in [3.63, 3.8) is 0 Å². The van der Waals surface area contributed by atoms with E-state index in [4.69, 9.17) is 0 Å². The van der Waals surface area contributed by atoms with Crippen molar-refractivity contribution in [3.8, 4) is 0 Å². The van der Waals surface area contributed by atoms with E-state index in [1.54, 1.807) is 0 Å². The van der Waals surface area contributed by atoms with Gasteiger partial charge in [0.2, 0.25) is 0 Å². The Morgan fingerprint density at radius 1 is 0.645 bits per heavy atom. The Balaban J connectivity index is 0.00000160. The maximum absolute atomic E-state index is 2.44. The summed E-state index contributed by atoms with van der Waals surface area (Å²) in [7, 11) is 0.